The Labute approximate surface area is 138 Å². The van der Waals surface area contributed by atoms with Crippen LogP contribution in [0.4, 0.5) is 5.69 Å². The van der Waals surface area contributed by atoms with Gasteiger partial charge in [0.15, 0.2) is 6.04 Å². The highest BCUT2D eigenvalue weighted by atomic mass is 79.9. The molecule has 0 spiro atoms. The first-order valence-electron chi connectivity index (χ1n) is 6.04. The van der Waals surface area contributed by atoms with Gasteiger partial charge < -0.3 is 10.1 Å². The number of rotatable bonds is 5. The number of nitrogens with one attached hydrogen (secondary N) is 1. The molecular formula is C14H13Br2NO2S. The lowest BCUT2D eigenvalue weighted by atomic mass is 10.2. The number of carbonyl (C=O) groups excluding carboxylic acids is 1. The third-order valence-corrected chi connectivity index (χ3v) is 5.23. The molecule has 1 unspecified atom stereocenters. The largest absolute Gasteiger partial charge is 0.464 e. The summed E-state index contributed by atoms with van der Waals surface area (Å²) >= 11 is 8.45. The first-order valence-corrected chi connectivity index (χ1v) is 8.50. The van der Waals surface area contributed by atoms with Crippen molar-refractivity contribution in [1.29, 1.82) is 0 Å². The lowest BCUT2D eigenvalue weighted by Gasteiger charge is -2.18. The molecule has 0 saturated carbocycles. The van der Waals surface area contributed by atoms with Crippen molar-refractivity contribution in [1.82, 2.24) is 0 Å². The number of thiophene rings is 1. The van der Waals surface area contributed by atoms with Crippen molar-refractivity contribution in [2.75, 3.05) is 11.9 Å². The zero-order valence-electron chi connectivity index (χ0n) is 10.7. The number of halogens is 2. The van der Waals surface area contributed by atoms with Crippen LogP contribution in [0, 0.1) is 0 Å². The molecule has 1 aromatic heterocycles. The van der Waals surface area contributed by atoms with Gasteiger partial charge in [0.1, 0.15) is 0 Å². The lowest BCUT2D eigenvalue weighted by Crippen LogP contribution is -2.23. The van der Waals surface area contributed by atoms with Crippen LogP contribution in [0.2, 0.25) is 0 Å². The summed E-state index contributed by atoms with van der Waals surface area (Å²) in [5, 5.41) is 5.17. The number of hydrogen-bond donors (Lipinski definition) is 1. The Hall–Kier alpha value is -0.850. The summed E-state index contributed by atoms with van der Waals surface area (Å²) in [6, 6.07) is 9.08. The molecule has 0 saturated heterocycles. The van der Waals surface area contributed by atoms with E-state index >= 15 is 0 Å². The van der Waals surface area contributed by atoms with Crippen molar-refractivity contribution in [3.63, 3.8) is 0 Å². The average molecular weight is 419 g/mol. The number of esters is 1. The minimum atomic E-state index is -0.525. The molecule has 0 fully saturated rings. The Morgan fingerprint density at radius 1 is 1.30 bits per heavy atom. The molecule has 1 aromatic carbocycles. The number of anilines is 1. The Balaban J connectivity index is 2.31. The van der Waals surface area contributed by atoms with Gasteiger partial charge in [0.2, 0.25) is 0 Å². The van der Waals surface area contributed by atoms with Crippen LogP contribution in [0.25, 0.3) is 0 Å². The second-order valence-electron chi connectivity index (χ2n) is 3.94. The molecule has 20 heavy (non-hydrogen) atoms. The van der Waals surface area contributed by atoms with Crippen LogP contribution in [0.3, 0.4) is 0 Å². The molecule has 0 amide bonds. The normalized spacial score (nSPS) is 11.9. The van der Waals surface area contributed by atoms with Crippen LogP contribution < -0.4 is 5.32 Å². The quantitative estimate of drug-likeness (QED) is 0.695. The molecule has 0 aliphatic heterocycles. The predicted octanol–water partition coefficient (Wildman–Crippen LogP) is 4.99. The van der Waals surface area contributed by atoms with E-state index in [9.17, 15) is 4.79 Å². The second-order valence-corrected chi connectivity index (χ2v) is 6.60. The van der Waals surface area contributed by atoms with Crippen molar-refractivity contribution in [2.24, 2.45) is 0 Å². The van der Waals surface area contributed by atoms with Gasteiger partial charge in [0.25, 0.3) is 0 Å². The van der Waals surface area contributed by atoms with E-state index in [1.807, 2.05) is 35.7 Å². The minimum Gasteiger partial charge on any atom is -0.464 e. The van der Waals surface area contributed by atoms with E-state index < -0.39 is 6.04 Å². The van der Waals surface area contributed by atoms with Crippen LogP contribution in [-0.2, 0) is 9.53 Å². The van der Waals surface area contributed by atoms with E-state index in [4.69, 9.17) is 4.74 Å². The van der Waals surface area contributed by atoms with Crippen molar-refractivity contribution in [2.45, 2.75) is 13.0 Å². The summed E-state index contributed by atoms with van der Waals surface area (Å²) in [7, 11) is 0. The Bertz CT molecular complexity index is 600. The fourth-order valence-corrected chi connectivity index (χ4v) is 3.74. The third-order valence-electron chi connectivity index (χ3n) is 2.60. The molecule has 1 heterocycles. The van der Waals surface area contributed by atoms with E-state index in [1.165, 1.54) is 11.3 Å². The standard InChI is InChI=1S/C14H13Br2NO2S/c1-2-19-14(18)12(13-10(16)7-8-20-13)17-11-6-4-3-5-9(11)15/h3-8,12,17H,2H2,1H3. The summed E-state index contributed by atoms with van der Waals surface area (Å²) in [6.07, 6.45) is 0. The zero-order valence-corrected chi connectivity index (χ0v) is 14.7. The maximum atomic E-state index is 12.2. The molecule has 0 bridgehead atoms. The van der Waals surface area contributed by atoms with Crippen LogP contribution in [0.15, 0.2) is 44.7 Å². The number of ether oxygens (including phenoxy) is 1. The summed E-state index contributed by atoms with van der Waals surface area (Å²) in [5.74, 6) is -0.286. The Morgan fingerprint density at radius 3 is 2.65 bits per heavy atom. The second kappa shape index (κ2) is 7.24. The van der Waals surface area contributed by atoms with Gasteiger partial charge in [-0.3, -0.25) is 0 Å². The first kappa shape index (κ1) is 15.5. The van der Waals surface area contributed by atoms with E-state index in [0.717, 1.165) is 19.5 Å². The summed E-state index contributed by atoms with van der Waals surface area (Å²) in [4.78, 5) is 13.1. The third kappa shape index (κ3) is 3.62. The van der Waals surface area contributed by atoms with E-state index in [0.29, 0.717) is 6.61 Å². The SMILES string of the molecule is CCOC(=O)C(Nc1ccccc1Br)c1sccc1Br. The lowest BCUT2D eigenvalue weighted by molar-refractivity contribution is -0.144. The first-order chi connectivity index (χ1) is 9.63. The van der Waals surface area contributed by atoms with E-state index in [-0.39, 0.29) is 5.97 Å². The Morgan fingerprint density at radius 2 is 2.05 bits per heavy atom. The van der Waals surface area contributed by atoms with Crippen LogP contribution in [0.5, 0.6) is 0 Å². The average Bonchev–Trinajstić information content (AvgIpc) is 2.84. The molecule has 3 nitrogen and oxygen atoms in total. The number of hydrogen-bond acceptors (Lipinski definition) is 4. The van der Waals surface area contributed by atoms with E-state index in [1.54, 1.807) is 6.92 Å². The van der Waals surface area contributed by atoms with Gasteiger partial charge in [0.05, 0.1) is 11.5 Å². The predicted molar refractivity (Wildman–Crippen MR) is 89.2 cm³/mol. The fourth-order valence-electron chi connectivity index (χ4n) is 1.70. The molecule has 1 N–H and O–H groups in total. The minimum absolute atomic E-state index is 0.286. The van der Waals surface area contributed by atoms with Gasteiger partial charge in [-0.1, -0.05) is 12.1 Å². The molecule has 0 aliphatic carbocycles. The summed E-state index contributed by atoms with van der Waals surface area (Å²) < 4.78 is 6.97. The maximum Gasteiger partial charge on any atom is 0.334 e. The molecule has 0 aliphatic rings. The molecule has 1 atom stereocenters. The van der Waals surface area contributed by atoms with Crippen LogP contribution >= 0.6 is 43.2 Å². The number of benzene rings is 1. The van der Waals surface area contributed by atoms with Crippen LogP contribution in [0.1, 0.15) is 17.8 Å². The van der Waals surface area contributed by atoms with Crippen molar-refractivity contribution < 1.29 is 9.53 Å². The van der Waals surface area contributed by atoms with Crippen molar-refractivity contribution >= 4 is 54.9 Å². The number of para-hydroxylation sites is 1. The van der Waals surface area contributed by atoms with E-state index in [2.05, 4.69) is 37.2 Å². The summed E-state index contributed by atoms with van der Waals surface area (Å²) in [5.41, 5.74) is 0.853. The summed E-state index contributed by atoms with van der Waals surface area (Å²) in [6.45, 7) is 2.16. The monoisotopic (exact) mass is 417 g/mol. The highest BCUT2D eigenvalue weighted by molar-refractivity contribution is 9.11. The van der Waals surface area contributed by atoms with Gasteiger partial charge in [-0.05, 0) is 62.4 Å². The molecule has 2 aromatic rings. The van der Waals surface area contributed by atoms with Gasteiger partial charge >= 0.3 is 5.97 Å². The number of carbonyl (C=O) groups is 1. The van der Waals surface area contributed by atoms with Crippen molar-refractivity contribution in [3.8, 4) is 0 Å². The molecule has 0 radical (unpaired) electrons. The van der Waals surface area contributed by atoms with Crippen molar-refractivity contribution in [3.05, 3.63) is 49.5 Å². The Kier molecular flexibility index (Phi) is 5.63. The smallest absolute Gasteiger partial charge is 0.334 e. The zero-order chi connectivity index (χ0) is 14.5. The van der Waals surface area contributed by atoms with Gasteiger partial charge in [0, 0.05) is 14.6 Å². The molecule has 2 rings (SSSR count). The topological polar surface area (TPSA) is 38.3 Å². The molecular weight excluding hydrogens is 406 g/mol. The highest BCUT2D eigenvalue weighted by Gasteiger charge is 2.25. The molecule has 106 valence electrons. The fraction of sp³-hybridized carbons (Fsp3) is 0.214. The highest BCUT2D eigenvalue weighted by Crippen LogP contribution is 2.34. The molecule has 6 heteroatoms. The maximum absolute atomic E-state index is 12.2. The van der Waals surface area contributed by atoms with Gasteiger partial charge in [-0.2, -0.15) is 0 Å². The van der Waals surface area contributed by atoms with Gasteiger partial charge in [-0.15, -0.1) is 11.3 Å². The van der Waals surface area contributed by atoms with Crippen LogP contribution in [-0.4, -0.2) is 12.6 Å². The van der Waals surface area contributed by atoms with Gasteiger partial charge in [-0.25, -0.2) is 4.79 Å².